The summed E-state index contributed by atoms with van der Waals surface area (Å²) in [6.45, 7) is 1.90. The van der Waals surface area contributed by atoms with Crippen molar-refractivity contribution in [2.75, 3.05) is 6.54 Å². The molecule has 28 heavy (non-hydrogen) atoms. The number of nitrogens with zero attached hydrogens (tertiary/aromatic N) is 1. The first-order valence-electron chi connectivity index (χ1n) is 9.88. The molecule has 4 nitrogen and oxygen atoms in total. The molecule has 2 N–H and O–H groups in total. The molecule has 3 heterocycles. The normalized spacial score (nSPS) is 13.6. The average molecular weight is 369 g/mol. The van der Waals surface area contributed by atoms with Gasteiger partial charge in [0.25, 0.3) is 5.56 Å². The van der Waals surface area contributed by atoms with Gasteiger partial charge in [-0.3, -0.25) is 9.36 Å². The number of hydrogen-bond acceptors (Lipinski definition) is 2. The first kappa shape index (κ1) is 17.0. The van der Waals surface area contributed by atoms with Gasteiger partial charge in [0, 0.05) is 35.4 Å². The topological polar surface area (TPSA) is 49.8 Å². The van der Waals surface area contributed by atoms with Crippen LogP contribution in [-0.4, -0.2) is 16.1 Å². The third-order valence-corrected chi connectivity index (χ3v) is 5.64. The van der Waals surface area contributed by atoms with Crippen LogP contribution in [0.3, 0.4) is 0 Å². The third-order valence-electron chi connectivity index (χ3n) is 5.64. The minimum absolute atomic E-state index is 0.0166. The first-order valence-corrected chi connectivity index (χ1v) is 9.88. The van der Waals surface area contributed by atoms with Gasteiger partial charge in [-0.25, -0.2) is 0 Å². The van der Waals surface area contributed by atoms with Crippen molar-refractivity contribution in [1.29, 1.82) is 0 Å². The van der Waals surface area contributed by atoms with Crippen molar-refractivity contribution in [2.24, 2.45) is 0 Å². The van der Waals surface area contributed by atoms with E-state index in [1.165, 1.54) is 22.2 Å². The van der Waals surface area contributed by atoms with Crippen molar-refractivity contribution in [3.63, 3.8) is 0 Å². The molecule has 0 aliphatic carbocycles. The summed E-state index contributed by atoms with van der Waals surface area (Å²) in [6, 6.07) is 20.5. The molecule has 0 fully saturated rings. The molecule has 0 radical (unpaired) electrons. The Morgan fingerprint density at radius 3 is 2.64 bits per heavy atom. The summed E-state index contributed by atoms with van der Waals surface area (Å²) in [5, 5.41) is 4.67. The lowest BCUT2D eigenvalue weighted by atomic mass is 10.0. The van der Waals surface area contributed by atoms with Crippen LogP contribution in [0.2, 0.25) is 0 Å². The molecule has 5 rings (SSSR count). The number of rotatable bonds is 4. The van der Waals surface area contributed by atoms with Crippen LogP contribution in [0, 0.1) is 0 Å². The van der Waals surface area contributed by atoms with Crippen molar-refractivity contribution >= 4 is 10.9 Å². The van der Waals surface area contributed by atoms with Gasteiger partial charge < -0.3 is 10.3 Å². The number of pyridine rings is 1. The predicted octanol–water partition coefficient (Wildman–Crippen LogP) is 3.75. The van der Waals surface area contributed by atoms with Crippen molar-refractivity contribution < 1.29 is 0 Å². The zero-order valence-electron chi connectivity index (χ0n) is 15.7. The van der Waals surface area contributed by atoms with Gasteiger partial charge in [-0.15, -0.1) is 0 Å². The maximum absolute atomic E-state index is 12.7. The van der Waals surface area contributed by atoms with Crippen LogP contribution in [0.5, 0.6) is 0 Å². The molecular weight excluding hydrogens is 346 g/mol. The Kier molecular flexibility index (Phi) is 4.34. The van der Waals surface area contributed by atoms with E-state index in [0.717, 1.165) is 49.1 Å². The predicted molar refractivity (Wildman–Crippen MR) is 113 cm³/mol. The van der Waals surface area contributed by atoms with Gasteiger partial charge in [0.1, 0.15) is 0 Å². The fourth-order valence-corrected chi connectivity index (χ4v) is 4.13. The Bertz CT molecular complexity index is 1190. The van der Waals surface area contributed by atoms with Gasteiger partial charge in [-0.2, -0.15) is 0 Å². The zero-order valence-corrected chi connectivity index (χ0v) is 15.7. The lowest BCUT2D eigenvalue weighted by Crippen LogP contribution is -2.22. The quantitative estimate of drug-likeness (QED) is 0.576. The van der Waals surface area contributed by atoms with Gasteiger partial charge in [0.15, 0.2) is 0 Å². The highest BCUT2D eigenvalue weighted by atomic mass is 16.1. The maximum Gasteiger partial charge on any atom is 0.255 e. The standard InChI is InChI=1S/C24H23N3O/c28-24-14-18(7-6-17-4-2-1-3-5-17)11-13-27(24)19-8-9-20-21-10-12-25-16-23(21)26-22(20)15-19/h1-5,8-9,11,13-15,25-26H,6-7,10,12,16H2. The molecule has 0 spiro atoms. The van der Waals surface area contributed by atoms with E-state index in [-0.39, 0.29) is 5.56 Å². The Labute approximate surface area is 163 Å². The summed E-state index contributed by atoms with van der Waals surface area (Å²) in [4.78, 5) is 16.2. The minimum atomic E-state index is 0.0166. The van der Waals surface area contributed by atoms with Gasteiger partial charge in [0.2, 0.25) is 0 Å². The molecule has 0 amide bonds. The lowest BCUT2D eigenvalue weighted by Gasteiger charge is -2.12. The van der Waals surface area contributed by atoms with Crippen molar-refractivity contribution in [2.45, 2.75) is 25.8 Å². The van der Waals surface area contributed by atoms with Crippen LogP contribution in [-0.2, 0) is 25.8 Å². The molecule has 4 aromatic rings. The number of fused-ring (bicyclic) bond motifs is 3. The lowest BCUT2D eigenvalue weighted by molar-refractivity contribution is 0.637. The SMILES string of the molecule is O=c1cc(CCc2ccccc2)ccn1-c1ccc2c3c([nH]c2c1)CNCC3. The molecule has 2 aromatic heterocycles. The van der Waals surface area contributed by atoms with Gasteiger partial charge in [-0.1, -0.05) is 36.4 Å². The molecule has 0 bridgehead atoms. The number of hydrogen-bond donors (Lipinski definition) is 2. The second-order valence-corrected chi connectivity index (χ2v) is 7.47. The molecule has 1 aliphatic heterocycles. The van der Waals surface area contributed by atoms with E-state index in [0.29, 0.717) is 0 Å². The van der Waals surface area contributed by atoms with Crippen molar-refractivity contribution in [1.82, 2.24) is 14.9 Å². The zero-order chi connectivity index (χ0) is 18.9. The maximum atomic E-state index is 12.7. The van der Waals surface area contributed by atoms with E-state index in [2.05, 4.69) is 52.8 Å². The van der Waals surface area contributed by atoms with Crippen LogP contribution < -0.4 is 10.9 Å². The molecule has 0 saturated heterocycles. The van der Waals surface area contributed by atoms with E-state index in [9.17, 15) is 4.79 Å². The molecule has 2 aromatic carbocycles. The molecule has 4 heteroatoms. The summed E-state index contributed by atoms with van der Waals surface area (Å²) in [5.74, 6) is 0. The monoisotopic (exact) mass is 369 g/mol. The van der Waals surface area contributed by atoms with E-state index in [1.807, 2.05) is 18.3 Å². The smallest absolute Gasteiger partial charge is 0.255 e. The van der Waals surface area contributed by atoms with Crippen LogP contribution >= 0.6 is 0 Å². The largest absolute Gasteiger partial charge is 0.357 e. The van der Waals surface area contributed by atoms with Crippen LogP contribution in [0.25, 0.3) is 16.6 Å². The second-order valence-electron chi connectivity index (χ2n) is 7.47. The summed E-state index contributed by atoms with van der Waals surface area (Å²) in [6.07, 6.45) is 4.76. The molecule has 0 atom stereocenters. The number of aromatic nitrogens is 2. The highest BCUT2D eigenvalue weighted by Crippen LogP contribution is 2.26. The Morgan fingerprint density at radius 1 is 0.929 bits per heavy atom. The first-order chi connectivity index (χ1) is 13.8. The molecule has 140 valence electrons. The Hall–Kier alpha value is -3.11. The summed E-state index contributed by atoms with van der Waals surface area (Å²) < 4.78 is 1.73. The van der Waals surface area contributed by atoms with Crippen molar-refractivity contribution in [3.05, 3.63) is 99.6 Å². The van der Waals surface area contributed by atoms with E-state index >= 15 is 0 Å². The van der Waals surface area contributed by atoms with E-state index in [1.54, 1.807) is 10.6 Å². The van der Waals surface area contributed by atoms with Gasteiger partial charge in [0.05, 0.1) is 5.69 Å². The molecule has 0 unspecified atom stereocenters. The van der Waals surface area contributed by atoms with E-state index in [4.69, 9.17) is 0 Å². The third kappa shape index (κ3) is 3.16. The number of H-pyrrole nitrogens is 1. The minimum Gasteiger partial charge on any atom is -0.357 e. The van der Waals surface area contributed by atoms with Gasteiger partial charge in [-0.05, 0) is 60.7 Å². The van der Waals surface area contributed by atoms with Gasteiger partial charge >= 0.3 is 0 Å². The Balaban J connectivity index is 1.42. The number of aromatic amines is 1. The number of nitrogens with one attached hydrogen (secondary N) is 2. The number of aryl methyl sites for hydroxylation is 2. The number of benzene rings is 2. The molecule has 1 aliphatic rings. The van der Waals surface area contributed by atoms with Crippen LogP contribution in [0.4, 0.5) is 0 Å². The van der Waals surface area contributed by atoms with E-state index < -0.39 is 0 Å². The highest BCUT2D eigenvalue weighted by molar-refractivity contribution is 5.86. The summed E-state index contributed by atoms with van der Waals surface area (Å²) in [5.41, 5.74) is 7.06. The average Bonchev–Trinajstić information content (AvgIpc) is 3.11. The fraction of sp³-hybridized carbons (Fsp3) is 0.208. The van der Waals surface area contributed by atoms with Crippen molar-refractivity contribution in [3.8, 4) is 5.69 Å². The fourth-order valence-electron chi connectivity index (χ4n) is 4.13. The summed E-state index contributed by atoms with van der Waals surface area (Å²) >= 11 is 0. The van der Waals surface area contributed by atoms with Crippen LogP contribution in [0.1, 0.15) is 22.4 Å². The summed E-state index contributed by atoms with van der Waals surface area (Å²) in [7, 11) is 0. The highest BCUT2D eigenvalue weighted by Gasteiger charge is 2.15. The molecule has 0 saturated carbocycles. The van der Waals surface area contributed by atoms with Crippen LogP contribution in [0.15, 0.2) is 71.7 Å². The Morgan fingerprint density at radius 2 is 1.79 bits per heavy atom. The second kappa shape index (κ2) is 7.13. The molecular formula is C24H23N3O.